The van der Waals surface area contributed by atoms with Gasteiger partial charge in [-0.1, -0.05) is 12.1 Å². The number of amides is 1. The molecule has 0 fully saturated rings. The van der Waals surface area contributed by atoms with Crippen molar-refractivity contribution in [3.05, 3.63) is 53.6 Å². The number of carbonyl (C=O) groups is 1. The van der Waals surface area contributed by atoms with E-state index in [1.165, 1.54) is 18.2 Å². The number of anilines is 1. The van der Waals surface area contributed by atoms with Crippen molar-refractivity contribution < 1.29 is 15.0 Å². The lowest BCUT2D eigenvalue weighted by Gasteiger charge is -2.15. The first-order valence-electron chi connectivity index (χ1n) is 6.15. The Labute approximate surface area is 116 Å². The average Bonchev–Trinajstić information content (AvgIpc) is 2.41. The molecule has 2 rings (SSSR count). The van der Waals surface area contributed by atoms with Crippen molar-refractivity contribution in [3.63, 3.8) is 0 Å². The zero-order valence-electron chi connectivity index (χ0n) is 11.0. The van der Waals surface area contributed by atoms with Crippen LogP contribution in [0, 0.1) is 0 Å². The van der Waals surface area contributed by atoms with E-state index in [9.17, 15) is 15.0 Å². The number of aromatic hydroxyl groups is 2. The molecule has 5 nitrogen and oxygen atoms in total. The van der Waals surface area contributed by atoms with E-state index in [-0.39, 0.29) is 29.0 Å². The van der Waals surface area contributed by atoms with Gasteiger partial charge >= 0.3 is 0 Å². The van der Waals surface area contributed by atoms with Gasteiger partial charge in [-0.3, -0.25) is 4.79 Å². The third kappa shape index (κ3) is 3.00. The van der Waals surface area contributed by atoms with Crippen molar-refractivity contribution in [2.75, 3.05) is 5.73 Å². The van der Waals surface area contributed by atoms with E-state index in [4.69, 9.17) is 5.73 Å². The highest BCUT2D eigenvalue weighted by molar-refractivity contribution is 5.95. The van der Waals surface area contributed by atoms with Crippen molar-refractivity contribution in [1.82, 2.24) is 5.32 Å². The van der Waals surface area contributed by atoms with Crippen LogP contribution in [0.3, 0.4) is 0 Å². The lowest BCUT2D eigenvalue weighted by atomic mass is 10.1. The minimum Gasteiger partial charge on any atom is -0.504 e. The standard InChI is InChI=1S/C15H16N2O3/c1-9(10-3-2-4-12(16)7-10)17-15(20)11-5-6-13(18)14(19)8-11/h2-9,18-19H,16H2,1H3,(H,17,20). The van der Waals surface area contributed by atoms with E-state index >= 15 is 0 Å². The SMILES string of the molecule is CC(NC(=O)c1ccc(O)c(O)c1)c1cccc(N)c1. The third-order valence-electron chi connectivity index (χ3n) is 3.00. The van der Waals surface area contributed by atoms with Gasteiger partial charge in [0.1, 0.15) is 0 Å². The van der Waals surface area contributed by atoms with Crippen LogP contribution in [0.5, 0.6) is 11.5 Å². The molecule has 0 aliphatic heterocycles. The number of rotatable bonds is 3. The molecule has 0 radical (unpaired) electrons. The van der Waals surface area contributed by atoms with E-state index in [0.717, 1.165) is 5.56 Å². The third-order valence-corrected chi connectivity index (χ3v) is 3.00. The molecule has 0 spiro atoms. The fraction of sp³-hybridized carbons (Fsp3) is 0.133. The largest absolute Gasteiger partial charge is 0.504 e. The van der Waals surface area contributed by atoms with Crippen molar-refractivity contribution in [3.8, 4) is 11.5 Å². The molecule has 0 saturated heterocycles. The Morgan fingerprint density at radius 2 is 1.90 bits per heavy atom. The Bertz CT molecular complexity index is 641. The number of phenolic OH excluding ortho intramolecular Hbond substituents is 2. The maximum absolute atomic E-state index is 12.0. The van der Waals surface area contributed by atoms with Crippen LogP contribution in [-0.2, 0) is 0 Å². The molecule has 0 aliphatic rings. The highest BCUT2D eigenvalue weighted by Crippen LogP contribution is 2.25. The van der Waals surface area contributed by atoms with E-state index in [1.807, 2.05) is 19.1 Å². The normalized spacial score (nSPS) is 11.8. The molecule has 0 aromatic heterocycles. The summed E-state index contributed by atoms with van der Waals surface area (Å²) in [5, 5.41) is 21.4. The molecule has 2 aromatic rings. The fourth-order valence-electron chi connectivity index (χ4n) is 1.86. The summed E-state index contributed by atoms with van der Waals surface area (Å²) < 4.78 is 0. The summed E-state index contributed by atoms with van der Waals surface area (Å²) in [7, 11) is 0. The van der Waals surface area contributed by atoms with Crippen LogP contribution in [0.4, 0.5) is 5.69 Å². The zero-order chi connectivity index (χ0) is 14.7. The molecule has 1 atom stereocenters. The van der Waals surface area contributed by atoms with Gasteiger partial charge in [0.25, 0.3) is 5.91 Å². The van der Waals surface area contributed by atoms with Gasteiger partial charge in [0.05, 0.1) is 6.04 Å². The Balaban J connectivity index is 2.13. The first-order valence-corrected chi connectivity index (χ1v) is 6.15. The van der Waals surface area contributed by atoms with E-state index in [0.29, 0.717) is 5.69 Å². The number of nitrogens with one attached hydrogen (secondary N) is 1. The first kappa shape index (κ1) is 13.7. The molecular formula is C15H16N2O3. The monoisotopic (exact) mass is 272 g/mol. The molecular weight excluding hydrogens is 256 g/mol. The van der Waals surface area contributed by atoms with Gasteiger partial charge < -0.3 is 21.3 Å². The molecule has 1 unspecified atom stereocenters. The van der Waals surface area contributed by atoms with Gasteiger partial charge in [-0.2, -0.15) is 0 Å². The van der Waals surface area contributed by atoms with E-state index < -0.39 is 0 Å². The minimum absolute atomic E-state index is 0.220. The highest BCUT2D eigenvalue weighted by Gasteiger charge is 2.13. The van der Waals surface area contributed by atoms with Crippen molar-refractivity contribution >= 4 is 11.6 Å². The Morgan fingerprint density at radius 1 is 1.15 bits per heavy atom. The molecule has 1 amide bonds. The predicted octanol–water partition coefficient (Wildman–Crippen LogP) is 2.17. The van der Waals surface area contributed by atoms with E-state index in [1.54, 1.807) is 12.1 Å². The van der Waals surface area contributed by atoms with E-state index in [2.05, 4.69) is 5.32 Å². The van der Waals surface area contributed by atoms with Gasteiger partial charge in [-0.25, -0.2) is 0 Å². The summed E-state index contributed by atoms with van der Waals surface area (Å²) in [6, 6.07) is 11.0. The predicted molar refractivity (Wildman–Crippen MR) is 76.5 cm³/mol. The maximum atomic E-state index is 12.0. The first-order chi connectivity index (χ1) is 9.47. The summed E-state index contributed by atoms with van der Waals surface area (Å²) in [6.45, 7) is 1.84. The second kappa shape index (κ2) is 5.52. The molecule has 2 aromatic carbocycles. The Morgan fingerprint density at radius 3 is 2.55 bits per heavy atom. The maximum Gasteiger partial charge on any atom is 0.251 e. The van der Waals surface area contributed by atoms with Crippen LogP contribution in [-0.4, -0.2) is 16.1 Å². The lowest BCUT2D eigenvalue weighted by Crippen LogP contribution is -2.26. The summed E-state index contributed by atoms with van der Waals surface area (Å²) in [5.41, 5.74) is 7.50. The zero-order valence-corrected chi connectivity index (χ0v) is 11.0. The lowest BCUT2D eigenvalue weighted by molar-refractivity contribution is 0.0939. The molecule has 20 heavy (non-hydrogen) atoms. The molecule has 0 saturated carbocycles. The van der Waals surface area contributed by atoms with Gasteiger partial charge in [0.15, 0.2) is 11.5 Å². The second-order valence-electron chi connectivity index (χ2n) is 4.57. The van der Waals surface area contributed by atoms with Crippen LogP contribution in [0.15, 0.2) is 42.5 Å². The van der Waals surface area contributed by atoms with Crippen LogP contribution < -0.4 is 11.1 Å². The second-order valence-corrected chi connectivity index (χ2v) is 4.57. The Hall–Kier alpha value is -2.69. The van der Waals surface area contributed by atoms with Crippen molar-refractivity contribution in [2.45, 2.75) is 13.0 Å². The number of nitrogens with two attached hydrogens (primary N) is 1. The van der Waals surface area contributed by atoms with Crippen molar-refractivity contribution in [2.24, 2.45) is 0 Å². The average molecular weight is 272 g/mol. The topological polar surface area (TPSA) is 95.6 Å². The summed E-state index contributed by atoms with van der Waals surface area (Å²) in [5.74, 6) is -0.921. The van der Waals surface area contributed by atoms with Crippen molar-refractivity contribution in [1.29, 1.82) is 0 Å². The molecule has 0 heterocycles. The number of phenols is 2. The fourth-order valence-corrected chi connectivity index (χ4v) is 1.86. The van der Waals surface area contributed by atoms with Crippen LogP contribution in [0.2, 0.25) is 0 Å². The van der Waals surface area contributed by atoms with Crippen LogP contribution in [0.1, 0.15) is 28.9 Å². The molecule has 5 heteroatoms. The number of hydrogen-bond acceptors (Lipinski definition) is 4. The summed E-state index contributed by atoms with van der Waals surface area (Å²) in [4.78, 5) is 12.0. The quantitative estimate of drug-likeness (QED) is 0.508. The molecule has 0 bridgehead atoms. The molecule has 104 valence electrons. The van der Waals surface area contributed by atoms with Gasteiger partial charge in [-0.15, -0.1) is 0 Å². The number of hydrogen-bond donors (Lipinski definition) is 4. The number of nitrogen functional groups attached to an aromatic ring is 1. The minimum atomic E-state index is -0.338. The van der Waals surface area contributed by atoms with Gasteiger partial charge in [0, 0.05) is 11.3 Å². The molecule has 5 N–H and O–H groups in total. The van der Waals surface area contributed by atoms with Crippen LogP contribution >= 0.6 is 0 Å². The number of benzene rings is 2. The Kier molecular flexibility index (Phi) is 3.79. The van der Waals surface area contributed by atoms with Gasteiger partial charge in [-0.05, 0) is 42.8 Å². The number of carbonyl (C=O) groups excluding carboxylic acids is 1. The van der Waals surface area contributed by atoms with Crippen LogP contribution in [0.25, 0.3) is 0 Å². The van der Waals surface area contributed by atoms with Gasteiger partial charge in [0.2, 0.25) is 0 Å². The smallest absolute Gasteiger partial charge is 0.251 e. The summed E-state index contributed by atoms with van der Waals surface area (Å²) in [6.07, 6.45) is 0. The highest BCUT2D eigenvalue weighted by atomic mass is 16.3. The summed E-state index contributed by atoms with van der Waals surface area (Å²) >= 11 is 0. The molecule has 0 aliphatic carbocycles.